The van der Waals surface area contributed by atoms with E-state index in [0.717, 1.165) is 18.4 Å². The van der Waals surface area contributed by atoms with Crippen LogP contribution in [-0.4, -0.2) is 31.2 Å². The third-order valence-electron chi connectivity index (χ3n) is 4.06. The van der Waals surface area contributed by atoms with Crippen molar-refractivity contribution in [3.05, 3.63) is 57.6 Å². The fourth-order valence-corrected chi connectivity index (χ4v) is 2.69. The topological polar surface area (TPSA) is 89.0 Å². The van der Waals surface area contributed by atoms with E-state index in [1.165, 1.54) is 13.3 Å². The molecule has 1 aliphatic rings. The van der Waals surface area contributed by atoms with Crippen molar-refractivity contribution in [2.45, 2.75) is 25.5 Å². The van der Waals surface area contributed by atoms with E-state index in [2.05, 4.69) is 15.8 Å². The van der Waals surface area contributed by atoms with Gasteiger partial charge in [-0.05, 0) is 54.3 Å². The lowest BCUT2D eigenvalue weighted by molar-refractivity contribution is -0.139. The molecule has 3 rings (SSSR count). The molecule has 7 nitrogen and oxygen atoms in total. The van der Waals surface area contributed by atoms with E-state index in [1.54, 1.807) is 30.3 Å². The van der Waals surface area contributed by atoms with Crippen molar-refractivity contribution < 1.29 is 19.1 Å². The molecule has 0 aromatic heterocycles. The monoisotopic (exact) mass is 435 g/mol. The average molecular weight is 436 g/mol. The second-order valence-electron chi connectivity index (χ2n) is 6.39. The van der Waals surface area contributed by atoms with Gasteiger partial charge in [-0.2, -0.15) is 5.10 Å². The van der Waals surface area contributed by atoms with Crippen LogP contribution in [0.1, 0.15) is 24.0 Å². The summed E-state index contributed by atoms with van der Waals surface area (Å²) in [5.74, 6) is -0.467. The van der Waals surface area contributed by atoms with Gasteiger partial charge in [0.05, 0.1) is 23.4 Å². The molecule has 0 saturated heterocycles. The number of hydrazone groups is 1. The molecule has 0 atom stereocenters. The number of carbonyl (C=O) groups is 2. The second kappa shape index (κ2) is 9.62. The summed E-state index contributed by atoms with van der Waals surface area (Å²) in [6.07, 6.45) is 3.22. The maximum absolute atomic E-state index is 11.6. The molecule has 0 bridgehead atoms. The Morgan fingerprint density at radius 1 is 1.10 bits per heavy atom. The highest BCUT2D eigenvalue weighted by atomic mass is 35.5. The zero-order valence-electron chi connectivity index (χ0n) is 15.6. The highest BCUT2D eigenvalue weighted by Gasteiger charge is 2.26. The molecule has 0 unspecified atom stereocenters. The average Bonchev–Trinajstić information content (AvgIpc) is 3.53. The van der Waals surface area contributed by atoms with Gasteiger partial charge in [-0.15, -0.1) is 0 Å². The molecule has 9 heteroatoms. The molecular formula is C20H19Cl2N3O4. The number of amides is 2. The fraction of sp³-hybridized carbons (Fsp3) is 0.250. The van der Waals surface area contributed by atoms with Gasteiger partial charge in [0.15, 0.2) is 11.5 Å². The van der Waals surface area contributed by atoms with Crippen molar-refractivity contribution in [1.82, 2.24) is 10.7 Å². The van der Waals surface area contributed by atoms with Gasteiger partial charge in [-0.25, -0.2) is 5.43 Å². The number of hydrogen-bond donors (Lipinski definition) is 2. The molecule has 2 aromatic rings. The molecule has 1 aliphatic carbocycles. The van der Waals surface area contributed by atoms with Gasteiger partial charge in [0.1, 0.15) is 6.61 Å². The number of rotatable bonds is 7. The zero-order chi connectivity index (χ0) is 20.8. The third kappa shape index (κ3) is 6.10. The van der Waals surface area contributed by atoms with Crippen molar-refractivity contribution in [2.75, 3.05) is 7.11 Å². The van der Waals surface area contributed by atoms with Gasteiger partial charge < -0.3 is 14.8 Å². The summed E-state index contributed by atoms with van der Waals surface area (Å²) >= 11 is 11.9. The van der Waals surface area contributed by atoms with Crippen LogP contribution in [0.2, 0.25) is 10.0 Å². The zero-order valence-corrected chi connectivity index (χ0v) is 17.1. The Morgan fingerprint density at radius 2 is 1.90 bits per heavy atom. The Balaban J connectivity index is 1.58. The molecule has 152 valence electrons. The summed E-state index contributed by atoms with van der Waals surface area (Å²) in [4.78, 5) is 23.2. The van der Waals surface area contributed by atoms with Gasteiger partial charge in [0, 0.05) is 6.04 Å². The van der Waals surface area contributed by atoms with Crippen LogP contribution >= 0.6 is 23.2 Å². The molecule has 0 spiro atoms. The Morgan fingerprint density at radius 3 is 2.59 bits per heavy atom. The van der Waals surface area contributed by atoms with Crippen molar-refractivity contribution >= 4 is 41.2 Å². The van der Waals surface area contributed by atoms with Gasteiger partial charge in [0.25, 0.3) is 0 Å². The summed E-state index contributed by atoms with van der Waals surface area (Å²) in [6, 6.07) is 10.5. The molecule has 1 saturated carbocycles. The first kappa shape index (κ1) is 21.0. The second-order valence-corrected chi connectivity index (χ2v) is 7.21. The summed E-state index contributed by atoms with van der Waals surface area (Å²) in [5.41, 5.74) is 3.72. The minimum Gasteiger partial charge on any atom is -0.493 e. The number of halogens is 2. The number of ether oxygens (including phenoxy) is 2. The Labute approximate surface area is 178 Å². The van der Waals surface area contributed by atoms with Crippen LogP contribution < -0.4 is 20.2 Å². The molecule has 29 heavy (non-hydrogen) atoms. The summed E-state index contributed by atoms with van der Waals surface area (Å²) < 4.78 is 11.1. The fourth-order valence-electron chi connectivity index (χ4n) is 2.37. The SMILES string of the molecule is COc1cc(/C=N\NC(=O)C(=O)NC2CC2)ccc1OCc1ccc(Cl)c(Cl)c1. The first-order valence-corrected chi connectivity index (χ1v) is 9.60. The van der Waals surface area contributed by atoms with Crippen LogP contribution in [0.5, 0.6) is 11.5 Å². The van der Waals surface area contributed by atoms with Gasteiger partial charge in [0.2, 0.25) is 0 Å². The Hall–Kier alpha value is -2.77. The van der Waals surface area contributed by atoms with Crippen molar-refractivity contribution in [3.8, 4) is 11.5 Å². The van der Waals surface area contributed by atoms with Gasteiger partial charge in [-0.3, -0.25) is 9.59 Å². The minimum absolute atomic E-state index is 0.109. The van der Waals surface area contributed by atoms with Crippen molar-refractivity contribution in [2.24, 2.45) is 5.10 Å². The number of nitrogens with zero attached hydrogens (tertiary/aromatic N) is 1. The Bertz CT molecular complexity index is 945. The van der Waals surface area contributed by atoms with E-state index < -0.39 is 11.8 Å². The van der Waals surface area contributed by atoms with Crippen molar-refractivity contribution in [1.29, 1.82) is 0 Å². The maximum Gasteiger partial charge on any atom is 0.329 e. The van der Waals surface area contributed by atoms with Crippen LogP contribution in [0, 0.1) is 0 Å². The lowest BCUT2D eigenvalue weighted by Crippen LogP contribution is -2.38. The summed E-state index contributed by atoms with van der Waals surface area (Å²) in [7, 11) is 1.52. The van der Waals surface area contributed by atoms with E-state index in [1.807, 2.05) is 6.07 Å². The quantitative estimate of drug-likeness (QED) is 0.396. The third-order valence-corrected chi connectivity index (χ3v) is 4.80. The van der Waals surface area contributed by atoms with Crippen LogP contribution in [0.25, 0.3) is 0 Å². The number of carbonyl (C=O) groups excluding carboxylic acids is 2. The van der Waals surface area contributed by atoms with Crippen molar-refractivity contribution in [3.63, 3.8) is 0 Å². The molecule has 0 aliphatic heterocycles. The van der Waals surface area contributed by atoms with Gasteiger partial charge >= 0.3 is 11.8 Å². The van der Waals surface area contributed by atoms with E-state index in [9.17, 15) is 9.59 Å². The largest absolute Gasteiger partial charge is 0.493 e. The lowest BCUT2D eigenvalue weighted by Gasteiger charge is -2.11. The summed E-state index contributed by atoms with van der Waals surface area (Å²) in [5, 5.41) is 7.32. The number of benzene rings is 2. The molecule has 2 N–H and O–H groups in total. The molecule has 2 amide bonds. The predicted molar refractivity (Wildman–Crippen MR) is 111 cm³/mol. The van der Waals surface area contributed by atoms with Crippen LogP contribution in [0.3, 0.4) is 0 Å². The molecular weight excluding hydrogens is 417 g/mol. The number of methoxy groups -OCH3 is 1. The first-order valence-electron chi connectivity index (χ1n) is 8.85. The van der Waals surface area contributed by atoms with Gasteiger partial charge in [-0.1, -0.05) is 29.3 Å². The van der Waals surface area contributed by atoms with E-state index in [4.69, 9.17) is 32.7 Å². The smallest absolute Gasteiger partial charge is 0.329 e. The lowest BCUT2D eigenvalue weighted by atomic mass is 10.2. The Kier molecular flexibility index (Phi) is 6.95. The number of hydrogen-bond acceptors (Lipinski definition) is 5. The highest BCUT2D eigenvalue weighted by molar-refractivity contribution is 6.42. The van der Waals surface area contributed by atoms with Crippen LogP contribution in [0.4, 0.5) is 0 Å². The normalized spacial score (nSPS) is 13.2. The predicted octanol–water partition coefficient (Wildman–Crippen LogP) is 3.31. The van der Waals surface area contributed by atoms with E-state index >= 15 is 0 Å². The molecule has 0 radical (unpaired) electrons. The van der Waals surface area contributed by atoms with Crippen LogP contribution in [0.15, 0.2) is 41.5 Å². The van der Waals surface area contributed by atoms with Crippen LogP contribution in [-0.2, 0) is 16.2 Å². The highest BCUT2D eigenvalue weighted by Crippen LogP contribution is 2.29. The van der Waals surface area contributed by atoms with E-state index in [0.29, 0.717) is 27.1 Å². The minimum atomic E-state index is -0.804. The molecule has 2 aromatic carbocycles. The van der Waals surface area contributed by atoms with E-state index in [-0.39, 0.29) is 12.6 Å². The maximum atomic E-state index is 11.6. The first-order chi connectivity index (χ1) is 14.0. The molecule has 0 heterocycles. The summed E-state index contributed by atoms with van der Waals surface area (Å²) in [6.45, 7) is 0.285. The molecule has 1 fully saturated rings. The standard InChI is InChI=1S/C20H19Cl2N3O4/c1-28-18-9-12(10-23-25-20(27)19(26)24-14-4-5-14)3-7-17(18)29-11-13-2-6-15(21)16(22)8-13/h2-3,6-10,14H,4-5,11H2,1H3,(H,24,26)(H,25,27)/b23-10-. The number of nitrogens with one attached hydrogen (secondary N) is 2.